The van der Waals surface area contributed by atoms with Crippen LogP contribution in [0.5, 0.6) is 5.75 Å². The second-order valence-electron chi connectivity index (χ2n) is 3.44. The summed E-state index contributed by atoms with van der Waals surface area (Å²) in [6, 6.07) is 8.93. The van der Waals surface area contributed by atoms with Crippen LogP contribution in [0, 0.1) is 17.1 Å². The summed E-state index contributed by atoms with van der Waals surface area (Å²) >= 11 is 0. The van der Waals surface area contributed by atoms with Gasteiger partial charge in [0.05, 0.1) is 0 Å². The van der Waals surface area contributed by atoms with Crippen LogP contribution in [0.4, 0.5) is 4.39 Å². The average molecular weight is 245 g/mol. The molecule has 0 amide bonds. The Morgan fingerprint density at radius 3 is 2.89 bits per heavy atom. The van der Waals surface area contributed by atoms with Crippen molar-refractivity contribution in [3.05, 3.63) is 53.2 Å². The molecule has 0 aliphatic carbocycles. The first-order chi connectivity index (χ1) is 8.74. The molecular formula is C13H8FNO3. The van der Waals surface area contributed by atoms with Crippen molar-refractivity contribution in [2.45, 2.75) is 6.61 Å². The highest BCUT2D eigenvalue weighted by Gasteiger charge is 2.10. The van der Waals surface area contributed by atoms with Gasteiger partial charge in [-0.1, -0.05) is 6.07 Å². The van der Waals surface area contributed by atoms with Crippen LogP contribution >= 0.6 is 0 Å². The van der Waals surface area contributed by atoms with E-state index in [1.54, 1.807) is 12.1 Å². The zero-order chi connectivity index (χ0) is 13.0. The molecular weight excluding hydrogens is 237 g/mol. The molecule has 1 aromatic carbocycles. The Labute approximate surface area is 102 Å². The van der Waals surface area contributed by atoms with Crippen LogP contribution in [-0.2, 0) is 6.61 Å². The number of carbonyl (C=O) groups is 1. The molecule has 0 atom stereocenters. The van der Waals surface area contributed by atoms with Crippen LogP contribution in [-0.4, -0.2) is 6.29 Å². The predicted molar refractivity (Wildman–Crippen MR) is 59.5 cm³/mol. The predicted octanol–water partition coefficient (Wildman–Crippen LogP) is 2.68. The van der Waals surface area contributed by atoms with Gasteiger partial charge in [0.1, 0.15) is 35.6 Å². The van der Waals surface area contributed by atoms with Gasteiger partial charge >= 0.3 is 0 Å². The summed E-state index contributed by atoms with van der Waals surface area (Å²) < 4.78 is 23.6. The van der Waals surface area contributed by atoms with Crippen LogP contribution in [0.2, 0.25) is 0 Å². The van der Waals surface area contributed by atoms with E-state index in [2.05, 4.69) is 0 Å². The number of hydrogen-bond acceptors (Lipinski definition) is 4. The highest BCUT2D eigenvalue weighted by molar-refractivity contribution is 5.70. The van der Waals surface area contributed by atoms with E-state index in [9.17, 15) is 9.18 Å². The second-order valence-corrected chi connectivity index (χ2v) is 3.44. The van der Waals surface area contributed by atoms with Crippen molar-refractivity contribution < 1.29 is 18.3 Å². The Balaban J connectivity index is 2.13. The molecule has 0 radical (unpaired) electrons. The molecule has 0 saturated heterocycles. The van der Waals surface area contributed by atoms with E-state index in [1.807, 2.05) is 0 Å². The van der Waals surface area contributed by atoms with Gasteiger partial charge in [-0.25, -0.2) is 4.39 Å². The summed E-state index contributed by atoms with van der Waals surface area (Å²) in [5.74, 6) is 0.114. The third kappa shape index (κ3) is 2.38. The van der Waals surface area contributed by atoms with Crippen molar-refractivity contribution in [3.8, 4) is 11.8 Å². The molecule has 2 aromatic rings. The van der Waals surface area contributed by atoms with Gasteiger partial charge in [-0.3, -0.25) is 4.79 Å². The number of nitriles is 1. The zero-order valence-corrected chi connectivity index (χ0v) is 9.22. The lowest BCUT2D eigenvalue weighted by Crippen LogP contribution is -1.97. The molecule has 1 aromatic heterocycles. The minimum absolute atomic E-state index is 0.0198. The monoisotopic (exact) mass is 245 g/mol. The second kappa shape index (κ2) is 5.15. The van der Waals surface area contributed by atoms with E-state index >= 15 is 0 Å². The van der Waals surface area contributed by atoms with Gasteiger partial charge in [-0.15, -0.1) is 0 Å². The van der Waals surface area contributed by atoms with Crippen molar-refractivity contribution in [1.29, 1.82) is 5.26 Å². The number of halogens is 1. The molecule has 1 heterocycles. The van der Waals surface area contributed by atoms with Crippen LogP contribution in [0.25, 0.3) is 0 Å². The number of carbonyl (C=O) groups excluding carboxylic acids is 1. The van der Waals surface area contributed by atoms with Gasteiger partial charge in [0.25, 0.3) is 0 Å². The fourth-order valence-corrected chi connectivity index (χ4v) is 1.42. The molecule has 0 N–H and O–H groups in total. The first kappa shape index (κ1) is 11.9. The number of hydrogen-bond donors (Lipinski definition) is 0. The Hall–Kier alpha value is -2.61. The van der Waals surface area contributed by atoms with Gasteiger partial charge in [-0.2, -0.15) is 5.26 Å². The maximum atomic E-state index is 13.3. The number of benzene rings is 1. The summed E-state index contributed by atoms with van der Waals surface area (Å²) in [7, 11) is 0. The molecule has 5 heteroatoms. The van der Waals surface area contributed by atoms with Crippen LogP contribution in [0.15, 0.2) is 34.7 Å². The number of furan rings is 1. The number of nitrogens with zero attached hydrogens (tertiary/aromatic N) is 1. The van der Waals surface area contributed by atoms with Crippen molar-refractivity contribution >= 4 is 6.29 Å². The summed E-state index contributed by atoms with van der Waals surface area (Å²) in [6.07, 6.45) is 0.576. The molecule has 0 unspecified atom stereocenters. The van der Waals surface area contributed by atoms with Crippen molar-refractivity contribution in [3.63, 3.8) is 0 Å². The van der Waals surface area contributed by atoms with Gasteiger partial charge in [0.2, 0.25) is 0 Å². The molecule has 18 heavy (non-hydrogen) atoms. The van der Waals surface area contributed by atoms with Crippen LogP contribution < -0.4 is 4.74 Å². The molecule has 0 spiro atoms. The molecule has 0 saturated carbocycles. The summed E-state index contributed by atoms with van der Waals surface area (Å²) in [5, 5.41) is 8.80. The van der Waals surface area contributed by atoms with E-state index in [0.717, 1.165) is 0 Å². The fraction of sp³-hybridized carbons (Fsp3) is 0.0769. The van der Waals surface area contributed by atoms with E-state index in [0.29, 0.717) is 12.0 Å². The van der Waals surface area contributed by atoms with Gasteiger partial charge in [0.15, 0.2) is 12.0 Å². The zero-order valence-electron chi connectivity index (χ0n) is 9.22. The Bertz CT molecular complexity index is 613. The largest absolute Gasteiger partial charge is 0.484 e. The van der Waals surface area contributed by atoms with E-state index < -0.39 is 5.82 Å². The summed E-state index contributed by atoms with van der Waals surface area (Å²) in [4.78, 5) is 10.4. The lowest BCUT2D eigenvalue weighted by atomic mass is 10.2. The van der Waals surface area contributed by atoms with Crippen molar-refractivity contribution in [2.75, 3.05) is 0 Å². The van der Waals surface area contributed by atoms with Gasteiger partial charge in [-0.05, 0) is 24.3 Å². The summed E-state index contributed by atoms with van der Waals surface area (Å²) in [5.41, 5.74) is -0.153. The standard InChI is InChI=1S/C13H8FNO3/c14-12-2-1-3-13(11(12)6-15)17-8-10-5-4-9(7-16)18-10/h1-5,7H,8H2. The third-order valence-corrected chi connectivity index (χ3v) is 2.26. The minimum Gasteiger partial charge on any atom is -0.484 e. The van der Waals surface area contributed by atoms with Crippen molar-refractivity contribution in [2.24, 2.45) is 0 Å². The van der Waals surface area contributed by atoms with Gasteiger partial charge < -0.3 is 9.15 Å². The molecule has 4 nitrogen and oxygen atoms in total. The quantitative estimate of drug-likeness (QED) is 0.777. The number of rotatable bonds is 4. The van der Waals surface area contributed by atoms with Crippen molar-refractivity contribution in [1.82, 2.24) is 0 Å². The lowest BCUT2D eigenvalue weighted by molar-refractivity contribution is 0.109. The first-order valence-corrected chi connectivity index (χ1v) is 5.10. The highest BCUT2D eigenvalue weighted by Crippen LogP contribution is 2.21. The summed E-state index contributed by atoms with van der Waals surface area (Å²) in [6.45, 7) is 0.0198. The lowest BCUT2D eigenvalue weighted by Gasteiger charge is -2.06. The fourth-order valence-electron chi connectivity index (χ4n) is 1.42. The topological polar surface area (TPSA) is 63.2 Å². The molecule has 0 bridgehead atoms. The van der Waals surface area contributed by atoms with Crippen LogP contribution in [0.3, 0.4) is 0 Å². The molecule has 0 aliphatic heterocycles. The van der Waals surface area contributed by atoms with E-state index in [-0.39, 0.29) is 23.7 Å². The third-order valence-electron chi connectivity index (χ3n) is 2.26. The maximum absolute atomic E-state index is 13.3. The van der Waals surface area contributed by atoms with E-state index in [1.165, 1.54) is 24.3 Å². The normalized spacial score (nSPS) is 9.78. The minimum atomic E-state index is -0.636. The molecule has 2 rings (SSSR count). The molecule has 90 valence electrons. The number of ether oxygens (including phenoxy) is 1. The Morgan fingerprint density at radius 2 is 2.22 bits per heavy atom. The first-order valence-electron chi connectivity index (χ1n) is 5.10. The average Bonchev–Trinajstić information content (AvgIpc) is 2.84. The van der Waals surface area contributed by atoms with Crippen LogP contribution in [0.1, 0.15) is 21.9 Å². The highest BCUT2D eigenvalue weighted by atomic mass is 19.1. The molecule has 0 aliphatic rings. The molecule has 0 fully saturated rings. The number of aldehydes is 1. The maximum Gasteiger partial charge on any atom is 0.185 e. The Morgan fingerprint density at radius 1 is 1.39 bits per heavy atom. The van der Waals surface area contributed by atoms with Gasteiger partial charge in [0, 0.05) is 0 Å². The smallest absolute Gasteiger partial charge is 0.185 e. The SMILES string of the molecule is N#Cc1c(F)cccc1OCc1ccc(C=O)o1. The Kier molecular flexibility index (Phi) is 3.39. The van der Waals surface area contributed by atoms with E-state index in [4.69, 9.17) is 14.4 Å².